The van der Waals surface area contributed by atoms with E-state index in [0.717, 1.165) is 22.8 Å². The fraction of sp³-hybridized carbons (Fsp3) is 0.205. The number of aliphatic imine (C=N–C) groups is 2. The number of para-hydroxylation sites is 3. The average molecular weight is 599 g/mol. The van der Waals surface area contributed by atoms with Gasteiger partial charge >= 0.3 is 5.97 Å². The summed E-state index contributed by atoms with van der Waals surface area (Å²) in [6.07, 6.45) is 0. The largest absolute Gasteiger partial charge is 0.504 e. The zero-order chi connectivity index (χ0) is 32.4. The van der Waals surface area contributed by atoms with E-state index < -0.39 is 17.5 Å². The number of rotatable bonds is 5. The lowest BCUT2D eigenvalue weighted by atomic mass is 9.92. The lowest BCUT2D eigenvalue weighted by molar-refractivity contribution is 0.0693. The van der Waals surface area contributed by atoms with Crippen molar-refractivity contribution in [2.24, 2.45) is 9.98 Å². The second-order valence-corrected chi connectivity index (χ2v) is 11.9. The van der Waals surface area contributed by atoms with Crippen molar-refractivity contribution < 1.29 is 20.1 Å². The van der Waals surface area contributed by atoms with Crippen LogP contribution in [0.2, 0.25) is 0 Å². The van der Waals surface area contributed by atoms with Crippen molar-refractivity contribution in [1.29, 1.82) is 0 Å². The van der Waals surface area contributed by atoms with Crippen LogP contribution in [-0.2, 0) is 0 Å². The minimum atomic E-state index is -1.27. The molecule has 45 heavy (non-hydrogen) atoms. The molecule has 6 nitrogen and oxygen atoms in total. The summed E-state index contributed by atoms with van der Waals surface area (Å²) in [6, 6.07) is 29.8. The summed E-state index contributed by atoms with van der Waals surface area (Å²) in [6.45, 7) is 13.3. The van der Waals surface area contributed by atoms with E-state index in [1.54, 1.807) is 0 Å². The van der Waals surface area contributed by atoms with Gasteiger partial charge in [0.05, 0.1) is 22.8 Å². The summed E-state index contributed by atoms with van der Waals surface area (Å²) in [4.78, 5) is 21.1. The van der Waals surface area contributed by atoms with E-state index in [9.17, 15) is 4.79 Å². The standard InChI is InChI=1S/C32H32N2.C7H6O4/c1-19(2)24-15-10-16-25(20(3)4)30(24)34-32-27-18-9-14-23-13-8-17-26(28(23)27)31(32)33-29-21(5)11-7-12-22(29)6;8-5-3-1-2-4(6(5)9)7(10)11/h7-20H,1-6H3;1-3,8-9H,(H,10,11). The number of phenols is 2. The van der Waals surface area contributed by atoms with Crippen LogP contribution in [0.1, 0.15) is 83.3 Å². The lowest BCUT2D eigenvalue weighted by Gasteiger charge is -2.17. The second kappa shape index (κ2) is 12.8. The van der Waals surface area contributed by atoms with Gasteiger partial charge in [0.2, 0.25) is 0 Å². The Morgan fingerprint density at radius 1 is 0.622 bits per heavy atom. The molecule has 0 saturated heterocycles. The van der Waals surface area contributed by atoms with Crippen molar-refractivity contribution in [3.8, 4) is 11.5 Å². The molecule has 0 atom stereocenters. The van der Waals surface area contributed by atoms with Crippen molar-refractivity contribution in [2.45, 2.75) is 53.4 Å². The Morgan fingerprint density at radius 3 is 1.58 bits per heavy atom. The van der Waals surface area contributed by atoms with Crippen molar-refractivity contribution in [3.63, 3.8) is 0 Å². The van der Waals surface area contributed by atoms with Crippen LogP contribution in [0.5, 0.6) is 11.5 Å². The highest BCUT2D eigenvalue weighted by atomic mass is 16.4. The first-order valence-electron chi connectivity index (χ1n) is 15.1. The van der Waals surface area contributed by atoms with Crippen LogP contribution < -0.4 is 0 Å². The van der Waals surface area contributed by atoms with Gasteiger partial charge in [0.15, 0.2) is 11.5 Å². The summed E-state index contributed by atoms with van der Waals surface area (Å²) in [5.74, 6) is -1.52. The van der Waals surface area contributed by atoms with E-state index in [2.05, 4.69) is 114 Å². The molecule has 1 aliphatic carbocycles. The van der Waals surface area contributed by atoms with Crippen LogP contribution in [0.3, 0.4) is 0 Å². The molecule has 5 aromatic rings. The number of carboxylic acid groups (broad SMARTS) is 1. The summed E-state index contributed by atoms with van der Waals surface area (Å²) in [5, 5.41) is 28.7. The number of nitrogens with zero attached hydrogens (tertiary/aromatic N) is 2. The third kappa shape index (κ3) is 6.09. The van der Waals surface area contributed by atoms with Gasteiger partial charge in [0, 0.05) is 16.5 Å². The fourth-order valence-electron chi connectivity index (χ4n) is 5.77. The molecule has 1 aliphatic rings. The molecule has 0 aromatic heterocycles. The highest BCUT2D eigenvalue weighted by molar-refractivity contribution is 6.61. The fourth-order valence-corrected chi connectivity index (χ4v) is 5.77. The number of carboxylic acids is 1. The van der Waals surface area contributed by atoms with E-state index in [1.807, 2.05) is 0 Å². The van der Waals surface area contributed by atoms with Crippen molar-refractivity contribution in [2.75, 3.05) is 0 Å². The van der Waals surface area contributed by atoms with Crippen molar-refractivity contribution >= 4 is 39.5 Å². The Bertz CT molecular complexity index is 1930. The summed E-state index contributed by atoms with van der Waals surface area (Å²) < 4.78 is 0. The quantitative estimate of drug-likeness (QED) is 0.175. The molecule has 6 rings (SSSR count). The summed E-state index contributed by atoms with van der Waals surface area (Å²) in [5.41, 5.74) is 11.1. The first-order chi connectivity index (χ1) is 21.5. The predicted octanol–water partition coefficient (Wildman–Crippen LogP) is 9.75. The number of aryl methyl sites for hydroxylation is 2. The average Bonchev–Trinajstić information content (AvgIpc) is 3.30. The molecule has 228 valence electrons. The number of aromatic carboxylic acids is 1. The molecular weight excluding hydrogens is 560 g/mol. The van der Waals surface area contributed by atoms with Crippen LogP contribution in [0, 0.1) is 13.8 Å². The molecule has 3 N–H and O–H groups in total. The number of hydrogen-bond donors (Lipinski definition) is 3. The molecule has 0 aliphatic heterocycles. The van der Waals surface area contributed by atoms with Gasteiger partial charge in [-0.2, -0.15) is 0 Å². The Kier molecular flexibility index (Phi) is 8.87. The Labute approximate surface area is 264 Å². The summed E-state index contributed by atoms with van der Waals surface area (Å²) >= 11 is 0. The topological polar surface area (TPSA) is 102 Å². The minimum Gasteiger partial charge on any atom is -0.504 e. The van der Waals surface area contributed by atoms with Crippen LogP contribution in [0.4, 0.5) is 11.4 Å². The highest BCUT2D eigenvalue weighted by Gasteiger charge is 2.28. The van der Waals surface area contributed by atoms with Gasteiger partial charge in [-0.25, -0.2) is 14.8 Å². The monoisotopic (exact) mass is 598 g/mol. The van der Waals surface area contributed by atoms with Crippen LogP contribution in [0.15, 0.2) is 101 Å². The van der Waals surface area contributed by atoms with Crippen molar-refractivity contribution in [1.82, 2.24) is 0 Å². The molecule has 5 aromatic carbocycles. The van der Waals surface area contributed by atoms with Crippen LogP contribution in [-0.4, -0.2) is 32.7 Å². The lowest BCUT2D eigenvalue weighted by Crippen LogP contribution is -2.11. The predicted molar refractivity (Wildman–Crippen MR) is 184 cm³/mol. The van der Waals surface area contributed by atoms with Crippen LogP contribution in [0.25, 0.3) is 10.8 Å². The summed E-state index contributed by atoms with van der Waals surface area (Å²) in [7, 11) is 0. The minimum absolute atomic E-state index is 0.301. The first kappa shape index (κ1) is 31.2. The zero-order valence-corrected chi connectivity index (χ0v) is 26.5. The van der Waals surface area contributed by atoms with E-state index in [1.165, 1.54) is 62.4 Å². The Balaban J connectivity index is 0.000000309. The molecule has 6 heteroatoms. The maximum atomic E-state index is 10.3. The molecule has 0 spiro atoms. The maximum Gasteiger partial charge on any atom is 0.339 e. The number of hydrogen-bond acceptors (Lipinski definition) is 5. The Morgan fingerprint density at radius 2 is 1.09 bits per heavy atom. The molecule has 0 radical (unpaired) electrons. The normalized spacial score (nSPS) is 14.0. The van der Waals surface area contributed by atoms with Gasteiger partial charge in [-0.1, -0.05) is 107 Å². The molecular formula is C39H38N2O4. The van der Waals surface area contributed by atoms with E-state index in [4.69, 9.17) is 25.3 Å². The smallest absolute Gasteiger partial charge is 0.339 e. The molecule has 0 bridgehead atoms. The van der Waals surface area contributed by atoms with E-state index >= 15 is 0 Å². The third-order valence-electron chi connectivity index (χ3n) is 8.11. The molecule has 0 heterocycles. The van der Waals surface area contributed by atoms with Gasteiger partial charge in [-0.3, -0.25) is 0 Å². The SMILES string of the molecule is Cc1cccc(C)c1N=C1C(=Nc2c(C(C)C)cccc2C(C)C)c2cccc3cccc1c23.O=C(O)c1cccc(O)c1O. The van der Waals surface area contributed by atoms with E-state index in [-0.39, 0.29) is 5.56 Å². The van der Waals surface area contributed by atoms with Gasteiger partial charge < -0.3 is 15.3 Å². The second-order valence-electron chi connectivity index (χ2n) is 11.9. The molecule has 0 fully saturated rings. The van der Waals surface area contributed by atoms with Crippen molar-refractivity contribution in [3.05, 3.63) is 130 Å². The number of aromatic hydroxyl groups is 2. The van der Waals surface area contributed by atoms with Gasteiger partial charge in [0.25, 0.3) is 0 Å². The number of phenolic OH excluding ortho intramolecular Hbond substituents is 1. The van der Waals surface area contributed by atoms with Gasteiger partial charge in [-0.05, 0) is 65.5 Å². The molecule has 0 amide bonds. The Hall–Kier alpha value is -5.23. The molecule has 0 saturated carbocycles. The molecule has 0 unspecified atom stereocenters. The maximum absolute atomic E-state index is 10.3. The van der Waals surface area contributed by atoms with Gasteiger partial charge in [0.1, 0.15) is 5.56 Å². The third-order valence-corrected chi connectivity index (χ3v) is 8.11. The van der Waals surface area contributed by atoms with Crippen LogP contribution >= 0.6 is 0 Å². The number of carbonyl (C=O) groups is 1. The highest BCUT2D eigenvalue weighted by Crippen LogP contribution is 2.39. The van der Waals surface area contributed by atoms with E-state index in [0.29, 0.717) is 11.8 Å². The zero-order valence-electron chi connectivity index (χ0n) is 26.5. The van der Waals surface area contributed by atoms with Gasteiger partial charge in [-0.15, -0.1) is 0 Å². The first-order valence-corrected chi connectivity index (χ1v) is 15.1. The number of benzene rings is 5.